The maximum absolute atomic E-state index is 13.3. The molecule has 1 atom stereocenters. The molecule has 0 saturated heterocycles. The number of rotatable bonds is 5. The molecule has 186 valence electrons. The Morgan fingerprint density at radius 1 is 1.08 bits per heavy atom. The number of benzene rings is 2. The SMILES string of the molecule is Cc1ccc(C)n1-c1cc2c(c(Oc3ccccc3C#N)c1)N(C)C(=O)C(CC(=O)OC(C)(C)C)C2. The lowest BCUT2D eigenvalue weighted by Crippen LogP contribution is -2.40. The van der Waals surface area contributed by atoms with Crippen LogP contribution in [-0.4, -0.2) is 29.1 Å². The molecule has 1 aromatic heterocycles. The molecule has 0 N–H and O–H groups in total. The van der Waals surface area contributed by atoms with Crippen LogP contribution < -0.4 is 9.64 Å². The van der Waals surface area contributed by atoms with Crippen LogP contribution in [-0.2, 0) is 20.7 Å². The molecule has 36 heavy (non-hydrogen) atoms. The third-order valence-electron chi connectivity index (χ3n) is 6.21. The second-order valence-corrected chi connectivity index (χ2v) is 10.2. The lowest BCUT2D eigenvalue weighted by Gasteiger charge is -2.33. The Balaban J connectivity index is 1.81. The monoisotopic (exact) mass is 485 g/mol. The quantitative estimate of drug-likeness (QED) is 0.438. The van der Waals surface area contributed by atoms with Crippen molar-refractivity contribution in [3.8, 4) is 23.3 Å². The minimum absolute atomic E-state index is 0.000851. The van der Waals surface area contributed by atoms with Crippen molar-refractivity contribution in [2.75, 3.05) is 11.9 Å². The predicted octanol–water partition coefficient (Wildman–Crippen LogP) is 5.63. The second kappa shape index (κ2) is 9.54. The molecule has 1 aliphatic heterocycles. The highest BCUT2D eigenvalue weighted by Gasteiger charge is 2.36. The van der Waals surface area contributed by atoms with Crippen LogP contribution in [0, 0.1) is 31.1 Å². The zero-order valence-electron chi connectivity index (χ0n) is 21.6. The molecule has 4 rings (SSSR count). The van der Waals surface area contributed by atoms with E-state index in [1.165, 1.54) is 0 Å². The van der Waals surface area contributed by atoms with Gasteiger partial charge in [0.2, 0.25) is 5.91 Å². The summed E-state index contributed by atoms with van der Waals surface area (Å²) >= 11 is 0. The summed E-state index contributed by atoms with van der Waals surface area (Å²) < 4.78 is 13.9. The third-order valence-corrected chi connectivity index (χ3v) is 6.21. The summed E-state index contributed by atoms with van der Waals surface area (Å²) in [6.45, 7) is 9.49. The van der Waals surface area contributed by atoms with E-state index in [0.717, 1.165) is 22.6 Å². The molecule has 1 aliphatic rings. The Labute approximate surface area is 211 Å². The molecule has 3 aromatic rings. The van der Waals surface area contributed by atoms with Crippen molar-refractivity contribution in [1.29, 1.82) is 5.26 Å². The fourth-order valence-corrected chi connectivity index (χ4v) is 4.72. The number of para-hydroxylation sites is 1. The van der Waals surface area contributed by atoms with Gasteiger partial charge >= 0.3 is 5.97 Å². The maximum atomic E-state index is 13.3. The van der Waals surface area contributed by atoms with Gasteiger partial charge in [0.05, 0.1) is 23.6 Å². The highest BCUT2D eigenvalue weighted by molar-refractivity contribution is 6.01. The number of carbonyl (C=O) groups is 2. The van der Waals surface area contributed by atoms with Crippen molar-refractivity contribution >= 4 is 17.6 Å². The molecule has 7 nitrogen and oxygen atoms in total. The number of ether oxygens (including phenoxy) is 2. The number of hydrogen-bond donors (Lipinski definition) is 0. The van der Waals surface area contributed by atoms with E-state index >= 15 is 0 Å². The number of nitrogens with zero attached hydrogens (tertiary/aromatic N) is 3. The Morgan fingerprint density at radius 2 is 1.75 bits per heavy atom. The van der Waals surface area contributed by atoms with Gasteiger partial charge in [0, 0.05) is 30.2 Å². The van der Waals surface area contributed by atoms with Gasteiger partial charge in [-0.05, 0) is 76.9 Å². The Morgan fingerprint density at radius 3 is 2.39 bits per heavy atom. The van der Waals surface area contributed by atoms with Gasteiger partial charge in [0.25, 0.3) is 0 Å². The summed E-state index contributed by atoms with van der Waals surface area (Å²) in [5.74, 6) is -0.224. The third kappa shape index (κ3) is 4.99. The summed E-state index contributed by atoms with van der Waals surface area (Å²) in [6.07, 6.45) is 0.375. The fourth-order valence-electron chi connectivity index (χ4n) is 4.72. The molecule has 0 radical (unpaired) electrons. The molecule has 1 amide bonds. The number of fused-ring (bicyclic) bond motifs is 1. The van der Waals surface area contributed by atoms with E-state index < -0.39 is 17.5 Å². The van der Waals surface area contributed by atoms with Crippen molar-refractivity contribution in [1.82, 2.24) is 4.57 Å². The number of carbonyl (C=O) groups excluding carboxylic acids is 2. The largest absolute Gasteiger partial charge is 0.460 e. The maximum Gasteiger partial charge on any atom is 0.307 e. The van der Waals surface area contributed by atoms with Crippen LogP contribution in [0.4, 0.5) is 5.69 Å². The Bertz CT molecular complexity index is 1350. The van der Waals surface area contributed by atoms with Crippen LogP contribution in [0.3, 0.4) is 0 Å². The van der Waals surface area contributed by atoms with Crippen molar-refractivity contribution in [3.63, 3.8) is 0 Å². The van der Waals surface area contributed by atoms with E-state index in [1.807, 2.05) is 58.9 Å². The predicted molar refractivity (Wildman–Crippen MR) is 138 cm³/mol. The molecule has 2 aromatic carbocycles. The van der Waals surface area contributed by atoms with Crippen molar-refractivity contribution in [2.24, 2.45) is 5.92 Å². The first-order valence-electron chi connectivity index (χ1n) is 12.0. The Kier molecular flexibility index (Phi) is 6.64. The Hall–Kier alpha value is -4.05. The van der Waals surface area contributed by atoms with Crippen molar-refractivity contribution in [2.45, 2.75) is 53.1 Å². The van der Waals surface area contributed by atoms with Crippen LogP contribution in [0.15, 0.2) is 48.5 Å². The first kappa shape index (κ1) is 25.1. The summed E-state index contributed by atoms with van der Waals surface area (Å²) in [6, 6.07) is 17.2. The number of aromatic nitrogens is 1. The van der Waals surface area contributed by atoms with Gasteiger partial charge in [-0.3, -0.25) is 9.59 Å². The van der Waals surface area contributed by atoms with E-state index in [9.17, 15) is 14.9 Å². The highest BCUT2D eigenvalue weighted by atomic mass is 16.6. The normalized spacial score (nSPS) is 15.3. The van der Waals surface area contributed by atoms with Gasteiger partial charge in [-0.1, -0.05) is 12.1 Å². The number of esters is 1. The van der Waals surface area contributed by atoms with Gasteiger partial charge in [-0.25, -0.2) is 0 Å². The van der Waals surface area contributed by atoms with Gasteiger partial charge < -0.3 is 18.9 Å². The van der Waals surface area contributed by atoms with E-state index in [4.69, 9.17) is 9.47 Å². The fraction of sp³-hybridized carbons (Fsp3) is 0.345. The van der Waals surface area contributed by atoms with Crippen molar-refractivity contribution in [3.05, 3.63) is 71.0 Å². The number of anilines is 1. The summed E-state index contributed by atoms with van der Waals surface area (Å²) in [7, 11) is 1.69. The molecular weight excluding hydrogens is 454 g/mol. The molecule has 0 aliphatic carbocycles. The zero-order chi connectivity index (χ0) is 26.2. The summed E-state index contributed by atoms with van der Waals surface area (Å²) in [5.41, 5.74) is 4.31. The molecular formula is C29H31N3O4. The topological polar surface area (TPSA) is 84.6 Å². The average molecular weight is 486 g/mol. The molecule has 2 heterocycles. The second-order valence-electron chi connectivity index (χ2n) is 10.2. The molecule has 1 unspecified atom stereocenters. The highest BCUT2D eigenvalue weighted by Crippen LogP contribution is 2.43. The molecule has 0 bridgehead atoms. The van der Waals surface area contributed by atoms with Crippen LogP contribution >= 0.6 is 0 Å². The summed E-state index contributed by atoms with van der Waals surface area (Å²) in [4.78, 5) is 27.5. The van der Waals surface area contributed by atoms with Gasteiger partial charge in [-0.15, -0.1) is 0 Å². The molecule has 0 saturated carbocycles. The lowest BCUT2D eigenvalue weighted by atomic mass is 9.88. The van der Waals surface area contributed by atoms with Gasteiger partial charge in [0.1, 0.15) is 17.4 Å². The van der Waals surface area contributed by atoms with Crippen LogP contribution in [0.2, 0.25) is 0 Å². The van der Waals surface area contributed by atoms with E-state index in [2.05, 4.69) is 10.6 Å². The van der Waals surface area contributed by atoms with Gasteiger partial charge in [0.15, 0.2) is 5.75 Å². The standard InChI is InChI=1S/C29H31N3O4/c1-18-11-12-19(2)32(18)23-14-21-13-22(15-26(33)36-29(3,4)5)28(34)31(6)27(21)25(16-23)35-24-10-8-7-9-20(24)17-30/h7-12,14,16,22H,13,15H2,1-6H3. The van der Waals surface area contributed by atoms with Crippen LogP contribution in [0.5, 0.6) is 11.5 Å². The van der Waals surface area contributed by atoms with E-state index in [0.29, 0.717) is 29.2 Å². The van der Waals surface area contributed by atoms with E-state index in [1.54, 1.807) is 36.2 Å². The van der Waals surface area contributed by atoms with E-state index in [-0.39, 0.29) is 12.3 Å². The smallest absolute Gasteiger partial charge is 0.307 e. The van der Waals surface area contributed by atoms with Crippen LogP contribution in [0.25, 0.3) is 5.69 Å². The minimum Gasteiger partial charge on any atom is -0.460 e. The molecule has 7 heteroatoms. The average Bonchev–Trinajstić information content (AvgIpc) is 3.13. The summed E-state index contributed by atoms with van der Waals surface area (Å²) in [5, 5.41) is 9.56. The minimum atomic E-state index is -0.621. The molecule has 0 spiro atoms. The lowest BCUT2D eigenvalue weighted by molar-refractivity contribution is -0.157. The number of nitriles is 1. The first-order chi connectivity index (χ1) is 17.0. The molecule has 0 fully saturated rings. The number of hydrogen-bond acceptors (Lipinski definition) is 5. The first-order valence-corrected chi connectivity index (χ1v) is 12.0. The van der Waals surface area contributed by atoms with Crippen molar-refractivity contribution < 1.29 is 19.1 Å². The number of amides is 1. The zero-order valence-corrected chi connectivity index (χ0v) is 21.6. The van der Waals surface area contributed by atoms with Crippen LogP contribution in [0.1, 0.15) is 49.7 Å². The number of aryl methyl sites for hydroxylation is 2. The van der Waals surface area contributed by atoms with Gasteiger partial charge in [-0.2, -0.15) is 5.26 Å².